The normalized spacial score (nSPS) is 11.2. The van der Waals surface area contributed by atoms with Crippen LogP contribution in [0.1, 0.15) is 37.3 Å². The van der Waals surface area contributed by atoms with Crippen LogP contribution in [0.15, 0.2) is 16.6 Å². The van der Waals surface area contributed by atoms with Gasteiger partial charge in [0.2, 0.25) is 0 Å². The molecule has 0 aliphatic carbocycles. The van der Waals surface area contributed by atoms with Crippen molar-refractivity contribution >= 4 is 33.1 Å². The van der Waals surface area contributed by atoms with Crippen molar-refractivity contribution in [3.63, 3.8) is 0 Å². The molecule has 0 aliphatic heterocycles. The highest BCUT2D eigenvalue weighted by atomic mass is 79.9. The van der Waals surface area contributed by atoms with E-state index in [0.717, 1.165) is 27.3 Å². The van der Waals surface area contributed by atoms with E-state index >= 15 is 0 Å². The number of halogens is 1. The van der Waals surface area contributed by atoms with E-state index in [-0.39, 0.29) is 0 Å². The van der Waals surface area contributed by atoms with Gasteiger partial charge in [-0.05, 0) is 40.4 Å². The molecule has 3 nitrogen and oxygen atoms in total. The third-order valence-electron chi connectivity index (χ3n) is 2.68. The van der Waals surface area contributed by atoms with Gasteiger partial charge in [-0.25, -0.2) is 9.97 Å². The Balaban J connectivity index is 2.51. The summed E-state index contributed by atoms with van der Waals surface area (Å²) in [6.45, 7) is 6.34. The van der Waals surface area contributed by atoms with Crippen LogP contribution in [-0.2, 0) is 6.42 Å². The first-order valence-corrected chi connectivity index (χ1v) is 7.55. The fraction of sp³-hybridized carbons (Fsp3) is 0.385. The van der Waals surface area contributed by atoms with E-state index in [9.17, 15) is 0 Å². The molecule has 0 saturated carbocycles. The molecule has 96 valence electrons. The van der Waals surface area contributed by atoms with E-state index in [0.29, 0.717) is 11.7 Å². The zero-order chi connectivity index (χ0) is 13.3. The molecule has 2 N–H and O–H groups in total. The summed E-state index contributed by atoms with van der Waals surface area (Å²) in [5, 5.41) is 0. The van der Waals surface area contributed by atoms with E-state index < -0.39 is 0 Å². The number of hydrogen-bond donors (Lipinski definition) is 1. The summed E-state index contributed by atoms with van der Waals surface area (Å²) in [5.41, 5.74) is 6.90. The largest absolute Gasteiger partial charge is 0.383 e. The minimum Gasteiger partial charge on any atom is -0.383 e. The van der Waals surface area contributed by atoms with Crippen LogP contribution < -0.4 is 5.73 Å². The molecule has 0 atom stereocenters. The van der Waals surface area contributed by atoms with Crippen LogP contribution in [0, 0.1) is 0 Å². The van der Waals surface area contributed by atoms with Gasteiger partial charge in [0.25, 0.3) is 0 Å². The Bertz CT molecular complexity index is 563. The molecule has 0 spiro atoms. The summed E-state index contributed by atoms with van der Waals surface area (Å²) >= 11 is 5.18. The molecule has 0 bridgehead atoms. The summed E-state index contributed by atoms with van der Waals surface area (Å²) in [6, 6.07) is 4.19. The molecule has 5 heteroatoms. The van der Waals surface area contributed by atoms with Gasteiger partial charge in [-0.15, -0.1) is 11.3 Å². The van der Waals surface area contributed by atoms with Crippen LogP contribution in [0.2, 0.25) is 0 Å². The number of hydrogen-bond acceptors (Lipinski definition) is 4. The average molecular weight is 326 g/mol. The molecule has 0 unspecified atom stereocenters. The number of nitrogen functional groups attached to an aromatic ring is 1. The van der Waals surface area contributed by atoms with E-state index in [4.69, 9.17) is 5.73 Å². The highest BCUT2D eigenvalue weighted by Crippen LogP contribution is 2.32. The summed E-state index contributed by atoms with van der Waals surface area (Å²) in [4.78, 5) is 11.4. The maximum atomic E-state index is 5.94. The topological polar surface area (TPSA) is 51.8 Å². The first-order valence-electron chi connectivity index (χ1n) is 5.95. The van der Waals surface area contributed by atoms with Gasteiger partial charge in [0.1, 0.15) is 5.82 Å². The first kappa shape index (κ1) is 13.5. The summed E-state index contributed by atoms with van der Waals surface area (Å²) in [7, 11) is 0. The number of rotatable bonds is 3. The van der Waals surface area contributed by atoms with Gasteiger partial charge in [-0.2, -0.15) is 0 Å². The van der Waals surface area contributed by atoms with Crippen LogP contribution in [0.4, 0.5) is 5.82 Å². The third kappa shape index (κ3) is 2.57. The van der Waals surface area contributed by atoms with Gasteiger partial charge in [-0.1, -0.05) is 20.8 Å². The molecule has 2 aromatic rings. The predicted molar refractivity (Wildman–Crippen MR) is 80.9 cm³/mol. The molecule has 0 radical (unpaired) electrons. The molecule has 0 aliphatic rings. The Morgan fingerprint density at radius 3 is 2.61 bits per heavy atom. The molecule has 0 amide bonds. The van der Waals surface area contributed by atoms with Crippen molar-refractivity contribution in [2.75, 3.05) is 5.73 Å². The van der Waals surface area contributed by atoms with Gasteiger partial charge in [0.15, 0.2) is 5.82 Å². The van der Waals surface area contributed by atoms with Crippen molar-refractivity contribution in [3.05, 3.63) is 27.2 Å². The summed E-state index contributed by atoms with van der Waals surface area (Å²) in [6.07, 6.45) is 1.04. The van der Waals surface area contributed by atoms with Crippen molar-refractivity contribution in [2.45, 2.75) is 33.1 Å². The standard InChI is InChI=1S/C13H16BrN3S/c1-4-8-5-6-9(18-8)13-16-11(7(2)3)10(14)12(15)17-13/h5-7H,4H2,1-3H3,(H2,15,16,17). The van der Waals surface area contributed by atoms with Crippen LogP contribution in [-0.4, -0.2) is 9.97 Å². The number of thiophene rings is 1. The number of aryl methyl sites for hydroxylation is 1. The summed E-state index contributed by atoms with van der Waals surface area (Å²) < 4.78 is 0.813. The average Bonchev–Trinajstić information content (AvgIpc) is 2.80. The second kappa shape index (κ2) is 5.36. The maximum absolute atomic E-state index is 5.94. The smallest absolute Gasteiger partial charge is 0.171 e. The number of nitrogens with two attached hydrogens (primary N) is 1. The predicted octanol–water partition coefficient (Wildman–Crippen LogP) is 4.24. The van der Waals surface area contributed by atoms with Crippen LogP contribution in [0.25, 0.3) is 10.7 Å². The van der Waals surface area contributed by atoms with Crippen molar-refractivity contribution in [1.82, 2.24) is 9.97 Å². The van der Waals surface area contributed by atoms with Gasteiger partial charge < -0.3 is 5.73 Å². The van der Waals surface area contributed by atoms with E-state index in [1.54, 1.807) is 11.3 Å². The quantitative estimate of drug-likeness (QED) is 0.918. The molecule has 0 fully saturated rings. The second-order valence-corrected chi connectivity index (χ2v) is 6.37. The second-order valence-electron chi connectivity index (χ2n) is 4.41. The highest BCUT2D eigenvalue weighted by molar-refractivity contribution is 9.10. The van der Waals surface area contributed by atoms with Crippen molar-refractivity contribution in [1.29, 1.82) is 0 Å². The Morgan fingerprint density at radius 2 is 2.06 bits per heavy atom. The fourth-order valence-electron chi connectivity index (χ4n) is 1.66. The number of nitrogens with zero attached hydrogens (tertiary/aromatic N) is 2. The lowest BCUT2D eigenvalue weighted by molar-refractivity contribution is 0.811. The fourth-order valence-corrected chi connectivity index (χ4v) is 3.18. The van der Waals surface area contributed by atoms with Gasteiger partial charge >= 0.3 is 0 Å². The Hall–Kier alpha value is -0.940. The van der Waals surface area contributed by atoms with E-state index in [1.165, 1.54) is 4.88 Å². The van der Waals surface area contributed by atoms with Crippen molar-refractivity contribution in [3.8, 4) is 10.7 Å². The molecule has 0 aromatic carbocycles. The number of aromatic nitrogens is 2. The molecular weight excluding hydrogens is 310 g/mol. The number of anilines is 1. The van der Waals surface area contributed by atoms with Crippen LogP contribution >= 0.6 is 27.3 Å². The molecule has 18 heavy (non-hydrogen) atoms. The lowest BCUT2D eigenvalue weighted by atomic mass is 10.1. The van der Waals surface area contributed by atoms with Crippen molar-refractivity contribution in [2.24, 2.45) is 0 Å². The first-order chi connectivity index (χ1) is 8.52. The lowest BCUT2D eigenvalue weighted by Gasteiger charge is -2.10. The van der Waals surface area contributed by atoms with Crippen LogP contribution in [0.3, 0.4) is 0 Å². The zero-order valence-corrected chi connectivity index (χ0v) is 13.1. The maximum Gasteiger partial charge on any atom is 0.171 e. The summed E-state index contributed by atoms with van der Waals surface area (Å²) in [5.74, 6) is 1.55. The molecule has 2 aromatic heterocycles. The Morgan fingerprint density at radius 1 is 1.33 bits per heavy atom. The monoisotopic (exact) mass is 325 g/mol. The van der Waals surface area contributed by atoms with Gasteiger partial charge in [0.05, 0.1) is 15.0 Å². The van der Waals surface area contributed by atoms with Crippen molar-refractivity contribution < 1.29 is 0 Å². The minimum absolute atomic E-state index is 0.314. The third-order valence-corrected chi connectivity index (χ3v) is 4.72. The van der Waals surface area contributed by atoms with Crippen LogP contribution in [0.5, 0.6) is 0 Å². The molecule has 0 saturated heterocycles. The minimum atomic E-state index is 0.314. The molecule has 2 heterocycles. The van der Waals surface area contributed by atoms with E-state index in [2.05, 4.69) is 58.8 Å². The van der Waals surface area contributed by atoms with Gasteiger partial charge in [0, 0.05) is 4.88 Å². The Labute approximate surface area is 120 Å². The van der Waals surface area contributed by atoms with Gasteiger partial charge in [-0.3, -0.25) is 0 Å². The lowest BCUT2D eigenvalue weighted by Crippen LogP contribution is -2.03. The zero-order valence-electron chi connectivity index (χ0n) is 10.7. The highest BCUT2D eigenvalue weighted by Gasteiger charge is 2.15. The van der Waals surface area contributed by atoms with E-state index in [1.807, 2.05) is 0 Å². The molecule has 2 rings (SSSR count). The SMILES string of the molecule is CCc1ccc(-c2nc(N)c(Br)c(C(C)C)n2)s1. The Kier molecular flexibility index (Phi) is 4.02. The molecular formula is C13H16BrN3S.